The summed E-state index contributed by atoms with van der Waals surface area (Å²) in [7, 11) is 0. The van der Waals surface area contributed by atoms with E-state index in [1.807, 2.05) is 6.07 Å². The van der Waals surface area contributed by atoms with Crippen molar-refractivity contribution in [3.05, 3.63) is 75.7 Å². The third-order valence-electron chi connectivity index (χ3n) is 3.34. The maximum atomic E-state index is 11.7. The second-order valence-corrected chi connectivity index (χ2v) is 5.55. The molecule has 1 aromatic carbocycles. The number of benzene rings is 1. The highest BCUT2D eigenvalue weighted by molar-refractivity contribution is 6.33. The van der Waals surface area contributed by atoms with Crippen LogP contribution in [0, 0.1) is 0 Å². The van der Waals surface area contributed by atoms with E-state index < -0.39 is 5.91 Å². The number of para-hydroxylation sites is 1. The number of halogens is 1. The number of nitrogens with one attached hydrogen (secondary N) is 3. The number of carbonyl (C=O) groups is 1. The lowest BCUT2D eigenvalue weighted by atomic mass is 10.2. The molecular formula is C17H14ClN5O2. The first-order chi connectivity index (χ1) is 12.0. The summed E-state index contributed by atoms with van der Waals surface area (Å²) in [5, 5.41) is 6.53. The Morgan fingerprint density at radius 3 is 2.60 bits per heavy atom. The van der Waals surface area contributed by atoms with Crippen molar-refractivity contribution in [2.75, 3.05) is 10.6 Å². The van der Waals surface area contributed by atoms with Gasteiger partial charge < -0.3 is 21.4 Å². The number of primary amides is 1. The number of H-pyrrole nitrogens is 1. The van der Waals surface area contributed by atoms with Crippen LogP contribution in [0.4, 0.5) is 23.0 Å². The number of rotatable bonds is 5. The minimum atomic E-state index is -0.623. The van der Waals surface area contributed by atoms with Gasteiger partial charge in [-0.25, -0.2) is 4.98 Å². The number of anilines is 4. The maximum absolute atomic E-state index is 11.7. The smallest absolute Gasteiger partial charge is 0.252 e. The fourth-order valence-electron chi connectivity index (χ4n) is 2.19. The molecule has 0 aliphatic heterocycles. The molecule has 5 N–H and O–H groups in total. The van der Waals surface area contributed by atoms with Crippen LogP contribution in [0.1, 0.15) is 10.4 Å². The van der Waals surface area contributed by atoms with Crippen molar-refractivity contribution in [1.82, 2.24) is 9.97 Å². The van der Waals surface area contributed by atoms with E-state index in [9.17, 15) is 9.59 Å². The second-order valence-electron chi connectivity index (χ2n) is 5.14. The molecule has 0 spiro atoms. The van der Waals surface area contributed by atoms with Crippen molar-refractivity contribution < 1.29 is 4.79 Å². The van der Waals surface area contributed by atoms with Gasteiger partial charge in [0, 0.05) is 18.3 Å². The zero-order chi connectivity index (χ0) is 17.8. The molecule has 3 aromatic rings. The van der Waals surface area contributed by atoms with Crippen molar-refractivity contribution in [3.8, 4) is 0 Å². The van der Waals surface area contributed by atoms with Gasteiger partial charge in [0.2, 0.25) is 5.56 Å². The number of aromatic nitrogens is 2. The summed E-state index contributed by atoms with van der Waals surface area (Å²) in [6, 6.07) is 13.4. The number of amides is 1. The minimum absolute atomic E-state index is 0.215. The van der Waals surface area contributed by atoms with E-state index in [1.165, 1.54) is 12.3 Å². The molecule has 0 bridgehead atoms. The molecule has 25 heavy (non-hydrogen) atoms. The summed E-state index contributed by atoms with van der Waals surface area (Å²) in [6.45, 7) is 0. The Balaban J connectivity index is 1.96. The van der Waals surface area contributed by atoms with E-state index in [0.29, 0.717) is 28.0 Å². The summed E-state index contributed by atoms with van der Waals surface area (Å²) >= 11 is 6.14. The highest BCUT2D eigenvalue weighted by atomic mass is 35.5. The first-order valence-electron chi connectivity index (χ1n) is 7.31. The molecule has 1 amide bonds. The predicted octanol–water partition coefficient (Wildman–Crippen LogP) is 3.01. The first-order valence-corrected chi connectivity index (χ1v) is 7.68. The standard InChI is InChI=1S/C17H14ClN5O2/c18-11-4-1-2-5-12(11)21-13-8-15(20-9-10(13)17(19)25)22-14-6-3-7-16(24)23-14/h1-9H,(H2,19,25)(H3,20,21,22,23,24). The second kappa shape index (κ2) is 7.06. The molecule has 0 aliphatic carbocycles. The molecule has 0 atom stereocenters. The van der Waals surface area contributed by atoms with Crippen LogP contribution in [0.5, 0.6) is 0 Å². The van der Waals surface area contributed by atoms with Gasteiger partial charge in [0.25, 0.3) is 5.91 Å². The van der Waals surface area contributed by atoms with E-state index in [-0.39, 0.29) is 11.1 Å². The van der Waals surface area contributed by atoms with Crippen LogP contribution in [0.2, 0.25) is 5.02 Å². The van der Waals surface area contributed by atoms with Gasteiger partial charge in [-0.15, -0.1) is 0 Å². The summed E-state index contributed by atoms with van der Waals surface area (Å²) in [5.74, 6) is 0.263. The Labute approximate surface area is 147 Å². The number of pyridine rings is 2. The SMILES string of the molecule is NC(=O)c1cnc(Nc2cccc(=O)[nH]2)cc1Nc1ccccc1Cl. The molecule has 0 aliphatic rings. The monoisotopic (exact) mass is 355 g/mol. The van der Waals surface area contributed by atoms with Crippen molar-refractivity contribution in [1.29, 1.82) is 0 Å². The van der Waals surface area contributed by atoms with Crippen LogP contribution < -0.4 is 21.9 Å². The molecular weight excluding hydrogens is 342 g/mol. The van der Waals surface area contributed by atoms with Crippen LogP contribution in [0.15, 0.2) is 59.5 Å². The highest BCUT2D eigenvalue weighted by Gasteiger charge is 2.12. The Morgan fingerprint density at radius 2 is 1.88 bits per heavy atom. The molecule has 7 nitrogen and oxygen atoms in total. The summed E-state index contributed by atoms with van der Waals surface area (Å²) in [6.07, 6.45) is 1.35. The van der Waals surface area contributed by atoms with Gasteiger partial charge in [-0.05, 0) is 18.2 Å². The largest absolute Gasteiger partial charge is 0.365 e. The topological polar surface area (TPSA) is 113 Å². The average Bonchev–Trinajstić information content (AvgIpc) is 2.57. The number of aromatic amines is 1. The van der Waals surface area contributed by atoms with Gasteiger partial charge >= 0.3 is 0 Å². The minimum Gasteiger partial charge on any atom is -0.365 e. The summed E-state index contributed by atoms with van der Waals surface area (Å²) in [4.78, 5) is 29.8. The Kier molecular flexibility index (Phi) is 4.67. The number of nitrogens with two attached hydrogens (primary N) is 1. The van der Waals surface area contributed by atoms with Crippen LogP contribution in [-0.4, -0.2) is 15.9 Å². The third kappa shape index (κ3) is 3.96. The predicted molar refractivity (Wildman–Crippen MR) is 97.8 cm³/mol. The number of hydrogen-bond donors (Lipinski definition) is 4. The van der Waals surface area contributed by atoms with E-state index in [2.05, 4.69) is 20.6 Å². The summed E-state index contributed by atoms with van der Waals surface area (Å²) in [5.41, 5.74) is 6.44. The molecule has 3 rings (SSSR count). The van der Waals surface area contributed by atoms with Gasteiger partial charge in [-0.3, -0.25) is 9.59 Å². The van der Waals surface area contributed by atoms with Gasteiger partial charge in [0.05, 0.1) is 22.0 Å². The lowest BCUT2D eigenvalue weighted by Crippen LogP contribution is -2.14. The maximum Gasteiger partial charge on any atom is 0.252 e. The van der Waals surface area contributed by atoms with Gasteiger partial charge in [0.15, 0.2) is 0 Å². The fourth-order valence-corrected chi connectivity index (χ4v) is 2.37. The third-order valence-corrected chi connectivity index (χ3v) is 3.67. The Hall–Kier alpha value is -3.32. The van der Waals surface area contributed by atoms with E-state index in [1.54, 1.807) is 36.4 Å². The summed E-state index contributed by atoms with van der Waals surface area (Å²) < 4.78 is 0. The van der Waals surface area contributed by atoms with E-state index >= 15 is 0 Å². The molecule has 0 saturated heterocycles. The fraction of sp³-hybridized carbons (Fsp3) is 0. The van der Waals surface area contributed by atoms with Gasteiger partial charge in [0.1, 0.15) is 11.6 Å². The zero-order valence-electron chi connectivity index (χ0n) is 12.9. The molecule has 0 radical (unpaired) electrons. The van der Waals surface area contributed by atoms with Gasteiger partial charge in [-0.2, -0.15) is 0 Å². The first kappa shape index (κ1) is 16.5. The molecule has 0 saturated carbocycles. The molecule has 8 heteroatoms. The molecule has 2 heterocycles. The molecule has 0 unspecified atom stereocenters. The van der Waals surface area contributed by atoms with Crippen molar-refractivity contribution in [3.63, 3.8) is 0 Å². The van der Waals surface area contributed by atoms with E-state index in [4.69, 9.17) is 17.3 Å². The number of nitrogens with zero attached hydrogens (tertiary/aromatic N) is 1. The Morgan fingerprint density at radius 1 is 1.08 bits per heavy atom. The highest BCUT2D eigenvalue weighted by Crippen LogP contribution is 2.28. The lowest BCUT2D eigenvalue weighted by molar-refractivity contribution is 0.100. The van der Waals surface area contributed by atoms with Crippen molar-refractivity contribution in [2.45, 2.75) is 0 Å². The van der Waals surface area contributed by atoms with Crippen LogP contribution >= 0.6 is 11.6 Å². The lowest BCUT2D eigenvalue weighted by Gasteiger charge is -2.13. The number of hydrogen-bond acceptors (Lipinski definition) is 5. The van der Waals surface area contributed by atoms with Gasteiger partial charge in [-0.1, -0.05) is 29.8 Å². The molecule has 2 aromatic heterocycles. The van der Waals surface area contributed by atoms with E-state index in [0.717, 1.165) is 0 Å². The zero-order valence-corrected chi connectivity index (χ0v) is 13.7. The molecule has 126 valence electrons. The normalized spacial score (nSPS) is 10.3. The molecule has 0 fully saturated rings. The van der Waals surface area contributed by atoms with Crippen LogP contribution in [0.25, 0.3) is 0 Å². The van der Waals surface area contributed by atoms with Crippen molar-refractivity contribution in [2.24, 2.45) is 5.73 Å². The number of carbonyl (C=O) groups excluding carboxylic acids is 1. The Bertz CT molecular complexity index is 987. The average molecular weight is 356 g/mol. The quantitative estimate of drug-likeness (QED) is 0.562. The van der Waals surface area contributed by atoms with Crippen molar-refractivity contribution >= 4 is 40.5 Å². The van der Waals surface area contributed by atoms with Crippen LogP contribution in [-0.2, 0) is 0 Å². The van der Waals surface area contributed by atoms with Crippen LogP contribution in [0.3, 0.4) is 0 Å².